The summed E-state index contributed by atoms with van der Waals surface area (Å²) < 4.78 is 11.1. The fraction of sp³-hybridized carbons (Fsp3) is 0.333. The van der Waals surface area contributed by atoms with Gasteiger partial charge in [0, 0.05) is 35.5 Å². The Morgan fingerprint density at radius 2 is 1.81 bits per heavy atom. The first kappa shape index (κ1) is 16.2. The van der Waals surface area contributed by atoms with Gasteiger partial charge in [-0.15, -0.1) is 0 Å². The fourth-order valence-electron chi connectivity index (χ4n) is 3.65. The molecule has 3 aliphatic rings. The van der Waals surface area contributed by atoms with E-state index in [-0.39, 0.29) is 17.7 Å². The highest BCUT2D eigenvalue weighted by atomic mass is 16.6. The number of ether oxygens (including phenoxy) is 2. The molecule has 138 valence electrons. The van der Waals surface area contributed by atoms with Gasteiger partial charge in [-0.05, 0) is 55.2 Å². The molecule has 27 heavy (non-hydrogen) atoms. The van der Waals surface area contributed by atoms with Gasteiger partial charge in [0.2, 0.25) is 5.91 Å². The van der Waals surface area contributed by atoms with Crippen molar-refractivity contribution in [3.05, 3.63) is 47.5 Å². The number of carbonyl (C=O) groups excluding carboxylic acids is 2. The second-order valence-electron chi connectivity index (χ2n) is 7.17. The molecule has 0 spiro atoms. The van der Waals surface area contributed by atoms with Crippen LogP contribution in [0, 0.1) is 5.92 Å². The third-order valence-electron chi connectivity index (χ3n) is 5.23. The number of benzene rings is 2. The quantitative estimate of drug-likeness (QED) is 0.909. The van der Waals surface area contributed by atoms with Crippen molar-refractivity contribution in [3.8, 4) is 11.5 Å². The van der Waals surface area contributed by atoms with Gasteiger partial charge in [0.25, 0.3) is 5.91 Å². The lowest BCUT2D eigenvalue weighted by Crippen LogP contribution is -2.30. The molecule has 1 aliphatic carbocycles. The standard InChI is InChI=1S/C21H20N2O4/c24-20(22-16-4-6-18-19(12-16)27-10-9-26-18)15-3-5-17-14(11-15)7-8-23(17)21(25)13-1-2-13/h3-6,11-13H,1-2,7-10H2,(H,22,24). The number of nitrogens with zero attached hydrogens (tertiary/aromatic N) is 1. The zero-order valence-corrected chi connectivity index (χ0v) is 14.9. The van der Waals surface area contributed by atoms with Gasteiger partial charge in [0.05, 0.1) is 0 Å². The predicted octanol–water partition coefficient (Wildman–Crippen LogP) is 3.01. The minimum atomic E-state index is -0.179. The zero-order chi connectivity index (χ0) is 18.4. The molecule has 2 amide bonds. The number of amides is 2. The minimum absolute atomic E-state index is 0.179. The van der Waals surface area contributed by atoms with E-state index in [2.05, 4.69) is 5.32 Å². The fourth-order valence-corrected chi connectivity index (χ4v) is 3.65. The lowest BCUT2D eigenvalue weighted by Gasteiger charge is -2.19. The first-order valence-electron chi connectivity index (χ1n) is 9.34. The molecule has 0 bridgehead atoms. The second kappa shape index (κ2) is 6.30. The van der Waals surface area contributed by atoms with Crippen LogP contribution in [-0.4, -0.2) is 31.6 Å². The van der Waals surface area contributed by atoms with E-state index in [1.165, 1.54) is 0 Å². The molecule has 0 radical (unpaired) electrons. The van der Waals surface area contributed by atoms with Gasteiger partial charge in [-0.2, -0.15) is 0 Å². The molecule has 0 atom stereocenters. The van der Waals surface area contributed by atoms with Crippen LogP contribution in [0.3, 0.4) is 0 Å². The van der Waals surface area contributed by atoms with Gasteiger partial charge in [0.1, 0.15) is 13.2 Å². The Balaban J connectivity index is 1.33. The normalized spacial score (nSPS) is 17.4. The van der Waals surface area contributed by atoms with E-state index in [4.69, 9.17) is 9.47 Å². The molecule has 2 aromatic carbocycles. The Bertz CT molecular complexity index is 936. The van der Waals surface area contributed by atoms with Gasteiger partial charge in [-0.3, -0.25) is 9.59 Å². The van der Waals surface area contributed by atoms with Crippen molar-refractivity contribution in [2.45, 2.75) is 19.3 Å². The number of anilines is 2. The van der Waals surface area contributed by atoms with Crippen LogP contribution in [0.2, 0.25) is 0 Å². The summed E-state index contributed by atoms with van der Waals surface area (Å²) in [6, 6.07) is 10.9. The summed E-state index contributed by atoms with van der Waals surface area (Å²) in [7, 11) is 0. The summed E-state index contributed by atoms with van der Waals surface area (Å²) in [6.07, 6.45) is 2.79. The Hall–Kier alpha value is -3.02. The summed E-state index contributed by atoms with van der Waals surface area (Å²) in [5, 5.41) is 2.91. The first-order valence-corrected chi connectivity index (χ1v) is 9.34. The molecule has 1 saturated carbocycles. The summed E-state index contributed by atoms with van der Waals surface area (Å²) in [5.74, 6) is 1.58. The molecule has 1 fully saturated rings. The highest BCUT2D eigenvalue weighted by Gasteiger charge is 2.36. The largest absolute Gasteiger partial charge is 0.486 e. The van der Waals surface area contributed by atoms with Gasteiger partial charge in [-0.1, -0.05) is 0 Å². The van der Waals surface area contributed by atoms with Crippen LogP contribution in [0.4, 0.5) is 11.4 Å². The third-order valence-corrected chi connectivity index (χ3v) is 5.23. The highest BCUT2D eigenvalue weighted by Crippen LogP contribution is 2.37. The van der Waals surface area contributed by atoms with Crippen LogP contribution in [0.15, 0.2) is 36.4 Å². The lowest BCUT2D eigenvalue weighted by atomic mass is 10.1. The molecule has 0 saturated heterocycles. The van der Waals surface area contributed by atoms with Crippen molar-refractivity contribution in [1.82, 2.24) is 0 Å². The average Bonchev–Trinajstić information content (AvgIpc) is 3.46. The van der Waals surface area contributed by atoms with Crippen molar-refractivity contribution in [1.29, 1.82) is 0 Å². The second-order valence-corrected chi connectivity index (χ2v) is 7.17. The number of hydrogen-bond donors (Lipinski definition) is 1. The Morgan fingerprint density at radius 1 is 1.00 bits per heavy atom. The van der Waals surface area contributed by atoms with Gasteiger partial charge in [0.15, 0.2) is 11.5 Å². The molecule has 2 aliphatic heterocycles. The monoisotopic (exact) mass is 364 g/mol. The Kier molecular flexibility index (Phi) is 3.77. The molecule has 2 heterocycles. The zero-order valence-electron chi connectivity index (χ0n) is 14.9. The van der Waals surface area contributed by atoms with Gasteiger partial charge in [-0.25, -0.2) is 0 Å². The summed E-state index contributed by atoms with van der Waals surface area (Å²) in [4.78, 5) is 26.9. The molecule has 0 aromatic heterocycles. The van der Waals surface area contributed by atoms with E-state index in [1.807, 2.05) is 17.0 Å². The maximum absolute atomic E-state index is 12.7. The molecular formula is C21H20N2O4. The Morgan fingerprint density at radius 3 is 2.63 bits per heavy atom. The van der Waals surface area contributed by atoms with Crippen molar-refractivity contribution in [3.63, 3.8) is 0 Å². The number of carbonyl (C=O) groups is 2. The van der Waals surface area contributed by atoms with Crippen molar-refractivity contribution >= 4 is 23.2 Å². The van der Waals surface area contributed by atoms with E-state index in [1.54, 1.807) is 24.3 Å². The minimum Gasteiger partial charge on any atom is -0.486 e. The first-order chi connectivity index (χ1) is 13.2. The van der Waals surface area contributed by atoms with Gasteiger partial charge < -0.3 is 19.7 Å². The maximum atomic E-state index is 12.7. The van der Waals surface area contributed by atoms with Crippen LogP contribution < -0.4 is 19.7 Å². The highest BCUT2D eigenvalue weighted by molar-refractivity contribution is 6.05. The van der Waals surface area contributed by atoms with Crippen LogP contribution >= 0.6 is 0 Å². The Labute approximate surface area is 157 Å². The van der Waals surface area contributed by atoms with E-state index in [0.29, 0.717) is 42.5 Å². The summed E-state index contributed by atoms with van der Waals surface area (Å²) in [5.41, 5.74) is 3.25. The van der Waals surface area contributed by atoms with Crippen LogP contribution in [0.25, 0.3) is 0 Å². The number of rotatable bonds is 3. The summed E-state index contributed by atoms with van der Waals surface area (Å²) >= 11 is 0. The van der Waals surface area contributed by atoms with Crippen LogP contribution in [0.5, 0.6) is 11.5 Å². The smallest absolute Gasteiger partial charge is 0.255 e. The van der Waals surface area contributed by atoms with Crippen molar-refractivity contribution in [2.24, 2.45) is 5.92 Å². The predicted molar refractivity (Wildman–Crippen MR) is 101 cm³/mol. The average molecular weight is 364 g/mol. The van der Waals surface area contributed by atoms with Gasteiger partial charge >= 0.3 is 0 Å². The van der Waals surface area contributed by atoms with E-state index in [0.717, 1.165) is 30.5 Å². The number of nitrogens with one attached hydrogen (secondary N) is 1. The summed E-state index contributed by atoms with van der Waals surface area (Å²) in [6.45, 7) is 1.75. The molecule has 1 N–H and O–H groups in total. The van der Waals surface area contributed by atoms with E-state index < -0.39 is 0 Å². The molecule has 6 nitrogen and oxygen atoms in total. The van der Waals surface area contributed by atoms with E-state index >= 15 is 0 Å². The van der Waals surface area contributed by atoms with Crippen molar-refractivity contribution < 1.29 is 19.1 Å². The van der Waals surface area contributed by atoms with Crippen molar-refractivity contribution in [2.75, 3.05) is 30.0 Å². The third kappa shape index (κ3) is 3.01. The van der Waals surface area contributed by atoms with Crippen LogP contribution in [0.1, 0.15) is 28.8 Å². The molecule has 5 rings (SSSR count). The topological polar surface area (TPSA) is 67.9 Å². The molecule has 0 unspecified atom stereocenters. The van der Waals surface area contributed by atoms with E-state index in [9.17, 15) is 9.59 Å². The molecule has 6 heteroatoms. The maximum Gasteiger partial charge on any atom is 0.255 e. The molecule has 2 aromatic rings. The lowest BCUT2D eigenvalue weighted by molar-refractivity contribution is -0.119. The molecular weight excluding hydrogens is 344 g/mol. The number of hydrogen-bond acceptors (Lipinski definition) is 4. The number of fused-ring (bicyclic) bond motifs is 2. The van der Waals surface area contributed by atoms with Crippen LogP contribution in [-0.2, 0) is 11.2 Å². The SMILES string of the molecule is O=C(Nc1ccc2c(c1)OCCO2)c1ccc2c(c1)CCN2C(=O)C1CC1.